The van der Waals surface area contributed by atoms with Crippen molar-refractivity contribution in [2.45, 2.75) is 18.4 Å². The molecule has 1 N–H and O–H groups in total. The Balaban J connectivity index is 2.25. The quantitative estimate of drug-likeness (QED) is 0.549. The van der Waals surface area contributed by atoms with Crippen molar-refractivity contribution in [3.63, 3.8) is 0 Å². The van der Waals surface area contributed by atoms with Gasteiger partial charge in [-0.1, -0.05) is 0 Å². The molecule has 0 aromatic carbocycles. The van der Waals surface area contributed by atoms with Crippen LogP contribution < -0.4 is 5.32 Å². The summed E-state index contributed by atoms with van der Waals surface area (Å²) in [5, 5.41) is 2.58. The number of carbonyl (C=O) groups excluding carboxylic acids is 2. The molecule has 15 heavy (non-hydrogen) atoms. The normalized spacial score (nSPS) is 28.2. The predicted molar refractivity (Wildman–Crippen MR) is 51.9 cm³/mol. The number of carbonyl (C=O) groups is 2. The SMILES string of the molecule is CN1C(=O)NC2(CCS(=O)(=O)CC2)C1=O. The molecule has 2 heterocycles. The van der Waals surface area contributed by atoms with Crippen molar-refractivity contribution in [1.82, 2.24) is 10.2 Å². The molecule has 0 radical (unpaired) electrons. The lowest BCUT2D eigenvalue weighted by atomic mass is 9.92. The number of hydrogen-bond donors (Lipinski definition) is 1. The summed E-state index contributed by atoms with van der Waals surface area (Å²) < 4.78 is 22.4. The molecule has 1 spiro atoms. The molecule has 0 atom stereocenters. The lowest BCUT2D eigenvalue weighted by Gasteiger charge is -2.30. The van der Waals surface area contributed by atoms with Gasteiger partial charge >= 0.3 is 6.03 Å². The summed E-state index contributed by atoms with van der Waals surface area (Å²) >= 11 is 0. The first-order valence-electron chi connectivity index (χ1n) is 4.67. The van der Waals surface area contributed by atoms with E-state index in [0.717, 1.165) is 4.90 Å². The van der Waals surface area contributed by atoms with Crippen LogP contribution in [-0.4, -0.2) is 49.3 Å². The number of nitrogens with one attached hydrogen (secondary N) is 1. The molecule has 7 heteroatoms. The number of rotatable bonds is 0. The molecule has 2 saturated heterocycles. The highest BCUT2D eigenvalue weighted by atomic mass is 32.2. The van der Waals surface area contributed by atoms with Crippen LogP contribution in [0.25, 0.3) is 0 Å². The van der Waals surface area contributed by atoms with Gasteiger partial charge < -0.3 is 5.32 Å². The predicted octanol–water partition coefficient (Wildman–Crippen LogP) is -0.885. The molecule has 0 aromatic heterocycles. The lowest BCUT2D eigenvalue weighted by molar-refractivity contribution is -0.130. The van der Waals surface area contributed by atoms with Gasteiger partial charge in [-0.05, 0) is 12.8 Å². The standard InChI is InChI=1S/C8H12N2O4S/c1-10-6(11)8(9-7(10)12)2-4-15(13,14)5-3-8/h2-5H2,1H3,(H,9,12). The fraction of sp³-hybridized carbons (Fsp3) is 0.750. The summed E-state index contributed by atoms with van der Waals surface area (Å²) in [4.78, 5) is 24.0. The van der Waals surface area contributed by atoms with Crippen molar-refractivity contribution in [1.29, 1.82) is 0 Å². The van der Waals surface area contributed by atoms with E-state index < -0.39 is 21.4 Å². The van der Waals surface area contributed by atoms with E-state index in [9.17, 15) is 18.0 Å². The van der Waals surface area contributed by atoms with Crippen LogP contribution in [-0.2, 0) is 14.6 Å². The van der Waals surface area contributed by atoms with Gasteiger partial charge in [0.25, 0.3) is 5.91 Å². The van der Waals surface area contributed by atoms with Crippen LogP contribution in [0.15, 0.2) is 0 Å². The third-order valence-electron chi connectivity index (χ3n) is 3.04. The van der Waals surface area contributed by atoms with Crippen LogP contribution in [0.3, 0.4) is 0 Å². The van der Waals surface area contributed by atoms with Crippen LogP contribution in [0, 0.1) is 0 Å². The Kier molecular flexibility index (Phi) is 2.04. The molecular formula is C8H12N2O4S. The third kappa shape index (κ3) is 1.50. The van der Waals surface area contributed by atoms with Crippen LogP contribution in [0.5, 0.6) is 0 Å². The largest absolute Gasteiger partial charge is 0.324 e. The summed E-state index contributed by atoms with van der Waals surface area (Å²) in [6, 6.07) is -0.445. The van der Waals surface area contributed by atoms with Gasteiger partial charge in [0, 0.05) is 7.05 Å². The molecule has 2 aliphatic rings. The maximum absolute atomic E-state index is 11.8. The van der Waals surface area contributed by atoms with Crippen molar-refractivity contribution >= 4 is 21.8 Å². The summed E-state index contributed by atoms with van der Waals surface area (Å²) in [6.45, 7) is 0. The average Bonchev–Trinajstić information content (AvgIpc) is 2.38. The molecule has 84 valence electrons. The van der Waals surface area contributed by atoms with Crippen molar-refractivity contribution in [3.8, 4) is 0 Å². The Bertz CT molecular complexity index is 414. The van der Waals surface area contributed by atoms with Crippen molar-refractivity contribution in [2.75, 3.05) is 18.6 Å². The van der Waals surface area contributed by atoms with E-state index in [4.69, 9.17) is 0 Å². The van der Waals surface area contributed by atoms with Gasteiger partial charge in [-0.15, -0.1) is 0 Å². The fourth-order valence-corrected chi connectivity index (χ4v) is 3.50. The van der Waals surface area contributed by atoms with Crippen molar-refractivity contribution in [2.24, 2.45) is 0 Å². The third-order valence-corrected chi connectivity index (χ3v) is 4.70. The molecule has 2 fully saturated rings. The highest BCUT2D eigenvalue weighted by Gasteiger charge is 2.52. The second-order valence-corrected chi connectivity index (χ2v) is 6.33. The van der Waals surface area contributed by atoms with Crippen molar-refractivity contribution < 1.29 is 18.0 Å². The Morgan fingerprint density at radius 2 is 1.80 bits per heavy atom. The molecule has 2 rings (SSSR count). The second kappa shape index (κ2) is 2.94. The maximum Gasteiger partial charge on any atom is 0.324 e. The number of imide groups is 1. The zero-order valence-electron chi connectivity index (χ0n) is 8.32. The van der Waals surface area contributed by atoms with Gasteiger partial charge in [0.1, 0.15) is 5.54 Å². The van der Waals surface area contributed by atoms with E-state index in [1.807, 2.05) is 0 Å². The van der Waals surface area contributed by atoms with Gasteiger partial charge in [0.2, 0.25) is 0 Å². The summed E-state index contributed by atoms with van der Waals surface area (Å²) in [7, 11) is -1.63. The first-order chi connectivity index (χ1) is 6.86. The van der Waals surface area contributed by atoms with E-state index in [-0.39, 0.29) is 30.3 Å². The Morgan fingerprint density at radius 3 is 2.20 bits per heavy atom. The highest BCUT2D eigenvalue weighted by molar-refractivity contribution is 7.91. The number of nitrogens with zero attached hydrogens (tertiary/aromatic N) is 1. The van der Waals surface area contributed by atoms with Crippen LogP contribution >= 0.6 is 0 Å². The smallest absolute Gasteiger partial charge is 0.323 e. The van der Waals surface area contributed by atoms with Gasteiger partial charge in [-0.3, -0.25) is 9.69 Å². The minimum Gasteiger partial charge on any atom is -0.323 e. The van der Waals surface area contributed by atoms with Gasteiger partial charge in [-0.2, -0.15) is 0 Å². The Hall–Kier alpha value is -1.11. The van der Waals surface area contributed by atoms with Gasteiger partial charge in [-0.25, -0.2) is 13.2 Å². The first-order valence-corrected chi connectivity index (χ1v) is 6.49. The number of likely N-dealkylation sites (N-methyl/N-ethyl adjacent to an activating group) is 1. The summed E-state index contributed by atoms with van der Waals surface area (Å²) in [5.74, 6) is -0.387. The molecule has 0 aromatic rings. The van der Waals surface area contributed by atoms with Gasteiger partial charge in [0.05, 0.1) is 11.5 Å². The molecule has 0 bridgehead atoms. The van der Waals surface area contributed by atoms with E-state index in [1.165, 1.54) is 7.05 Å². The average molecular weight is 232 g/mol. The van der Waals surface area contributed by atoms with Gasteiger partial charge in [0.15, 0.2) is 9.84 Å². The van der Waals surface area contributed by atoms with E-state index in [0.29, 0.717) is 0 Å². The monoisotopic (exact) mass is 232 g/mol. The van der Waals surface area contributed by atoms with Crippen LogP contribution in [0.2, 0.25) is 0 Å². The van der Waals surface area contributed by atoms with E-state index >= 15 is 0 Å². The first kappa shape index (κ1) is 10.4. The molecule has 0 saturated carbocycles. The zero-order chi connectivity index (χ0) is 11.3. The highest BCUT2D eigenvalue weighted by Crippen LogP contribution is 2.29. The fourth-order valence-electron chi connectivity index (χ4n) is 1.98. The molecule has 0 aliphatic carbocycles. The minimum atomic E-state index is -3.03. The number of hydrogen-bond acceptors (Lipinski definition) is 4. The molecule has 0 unspecified atom stereocenters. The second-order valence-electron chi connectivity index (χ2n) is 4.03. The molecular weight excluding hydrogens is 220 g/mol. The molecule has 3 amide bonds. The number of amides is 3. The maximum atomic E-state index is 11.8. The lowest BCUT2D eigenvalue weighted by Crippen LogP contribution is -2.52. The Labute approximate surface area is 87.5 Å². The number of urea groups is 1. The van der Waals surface area contributed by atoms with Crippen molar-refractivity contribution in [3.05, 3.63) is 0 Å². The molecule has 2 aliphatic heterocycles. The van der Waals surface area contributed by atoms with Crippen LogP contribution in [0.1, 0.15) is 12.8 Å². The summed E-state index contributed by atoms with van der Waals surface area (Å²) in [6.07, 6.45) is 0.370. The molecule has 6 nitrogen and oxygen atoms in total. The number of sulfone groups is 1. The van der Waals surface area contributed by atoms with Crippen LogP contribution in [0.4, 0.5) is 4.79 Å². The topological polar surface area (TPSA) is 83.6 Å². The van der Waals surface area contributed by atoms with E-state index in [2.05, 4.69) is 5.32 Å². The van der Waals surface area contributed by atoms with E-state index in [1.54, 1.807) is 0 Å². The Morgan fingerprint density at radius 1 is 1.27 bits per heavy atom. The summed E-state index contributed by atoms with van der Waals surface area (Å²) in [5.41, 5.74) is -0.961. The zero-order valence-corrected chi connectivity index (χ0v) is 9.13. The minimum absolute atomic E-state index is 0.0349.